The Morgan fingerprint density at radius 3 is 1.18 bits per heavy atom. The predicted octanol–water partition coefficient (Wildman–Crippen LogP) is 21.9. The summed E-state index contributed by atoms with van der Waals surface area (Å²) in [6.07, 6.45) is 41.2. The topological polar surface area (TPSA) is 257 Å². The van der Waals surface area contributed by atoms with Crippen LogP contribution in [0.25, 0.3) is 0 Å². The minimum absolute atomic E-state index is 0. The summed E-state index contributed by atoms with van der Waals surface area (Å²) in [4.78, 5) is 54.2. The van der Waals surface area contributed by atoms with Crippen molar-refractivity contribution in [3.05, 3.63) is 47.5 Å². The molecule has 0 radical (unpaired) electrons. The van der Waals surface area contributed by atoms with Crippen LogP contribution in [0.15, 0.2) is 42.0 Å². The van der Waals surface area contributed by atoms with Gasteiger partial charge in [-0.25, -0.2) is 0 Å². The van der Waals surface area contributed by atoms with Crippen molar-refractivity contribution in [2.75, 3.05) is 19.6 Å². The molecule has 16 aliphatic carbocycles. The highest BCUT2D eigenvalue weighted by Gasteiger charge is 2.71. The number of carbonyl (C=O) groups excluding carboxylic acids is 4. The molecule has 0 heterocycles. The van der Waals surface area contributed by atoms with Gasteiger partial charge in [-0.2, -0.15) is 0 Å². The number of nitrogens with two attached hydrogens (primary N) is 3. The van der Waals surface area contributed by atoms with Crippen molar-refractivity contribution >= 4 is 35.7 Å². The molecule has 0 aromatic heterocycles. The lowest BCUT2D eigenvalue weighted by Gasteiger charge is -2.64. The lowest BCUT2D eigenvalue weighted by Crippen LogP contribution is -2.62. The molecule has 1 aromatic rings. The number of Topliss-reactive ketones (excluding diaryl/α,β-unsaturated/α-hetero) is 3. The normalized spacial score (nSPS) is 48.5. The SMILES string of the molecule is C/C=C1/C(=O)[C@@H]2[C@H](CC[C@]3(C)[C@@H]([C@H](C)CCCC(=O)OCc4ccccc4)CC[C@@H]23)[C@@]2(C)CC[C@@H](O)C[C@@H]12.CC[C@@H]1C(=O)[C@@H]2[C@H](CC[C@]3(C)[C@@H]([C@H](C)CCN)CC[C@@H]23)[C@@]2(C)CC[C@@H](O)C[C@@H]12.CC[C@H]1C(=O)[C@@H]2[C@H](CC[C@]3(C)[C@@H]([C@H](C)CCN)CC[C@@H]23)[C@@]2(C)CC[C@@H](O)C[C@@H]12.CC[C@H]1[C@@H](O)[C@@H]2[C@H](CC[C@]3(C)[C@@H]([C@H](C)CCN)CC[C@@H]23)[C@@]2(C)CC[C@@H](O)C[C@@H]12.Cl. The van der Waals surface area contributed by atoms with Gasteiger partial charge in [0.2, 0.25) is 0 Å². The molecule has 0 spiro atoms. The summed E-state index contributed by atoms with van der Waals surface area (Å²) >= 11 is 0. The van der Waals surface area contributed by atoms with Crippen molar-refractivity contribution in [3.63, 3.8) is 0 Å². The van der Waals surface area contributed by atoms with Gasteiger partial charge in [-0.1, -0.05) is 147 Å². The zero-order chi connectivity index (χ0) is 87.9. The fourth-order valence-electron chi connectivity index (χ4n) is 37.3. The zero-order valence-corrected chi connectivity index (χ0v) is 81.2. The molecule has 0 amide bonds. The second kappa shape index (κ2) is 38.9. The molecular formula is C109H180ClN3O10. The molecule has 16 aliphatic rings. The highest BCUT2D eigenvalue weighted by Crippen LogP contribution is 2.75. The van der Waals surface area contributed by atoms with Crippen molar-refractivity contribution in [2.24, 2.45) is 220 Å². The molecule has 698 valence electrons. The van der Waals surface area contributed by atoms with E-state index in [2.05, 4.69) is 110 Å². The Labute approximate surface area is 753 Å². The third-order valence-electron chi connectivity index (χ3n) is 43.5. The van der Waals surface area contributed by atoms with Crippen LogP contribution >= 0.6 is 12.4 Å². The number of ether oxygens (including phenoxy) is 1. The van der Waals surface area contributed by atoms with E-state index in [4.69, 9.17) is 21.9 Å². The van der Waals surface area contributed by atoms with Crippen LogP contribution in [0.3, 0.4) is 0 Å². The predicted molar refractivity (Wildman–Crippen MR) is 499 cm³/mol. The van der Waals surface area contributed by atoms with Crippen molar-refractivity contribution in [1.82, 2.24) is 0 Å². The average Bonchev–Trinajstić information content (AvgIpc) is 1.61. The van der Waals surface area contributed by atoms with Crippen LogP contribution in [0.1, 0.15) is 354 Å². The number of benzene rings is 1. The zero-order valence-electron chi connectivity index (χ0n) is 80.3. The number of carbonyl (C=O) groups is 4. The van der Waals surface area contributed by atoms with Gasteiger partial charge in [0.05, 0.1) is 30.5 Å². The van der Waals surface area contributed by atoms with E-state index in [0.717, 1.165) is 190 Å². The van der Waals surface area contributed by atoms with E-state index in [1.165, 1.54) is 89.9 Å². The van der Waals surface area contributed by atoms with E-state index in [9.17, 15) is 44.7 Å². The number of aliphatic hydroxyl groups excluding tert-OH is 5. The molecule has 0 aliphatic heterocycles. The maximum atomic E-state index is 14.1. The Morgan fingerprint density at radius 2 is 0.764 bits per heavy atom. The van der Waals surface area contributed by atoms with Gasteiger partial charge in [-0.15, -0.1) is 12.4 Å². The molecule has 0 unspecified atom stereocenters. The third-order valence-corrected chi connectivity index (χ3v) is 43.5. The Kier molecular flexibility index (Phi) is 31.0. The Balaban J connectivity index is 0.000000142. The lowest BCUT2D eigenvalue weighted by molar-refractivity contribution is -0.203. The first-order valence-corrected chi connectivity index (χ1v) is 52.0. The summed E-state index contributed by atoms with van der Waals surface area (Å²) in [6, 6.07) is 9.86. The Hall–Kier alpha value is -2.59. The van der Waals surface area contributed by atoms with E-state index >= 15 is 0 Å². The molecule has 11 N–H and O–H groups in total. The van der Waals surface area contributed by atoms with E-state index in [1.807, 2.05) is 37.3 Å². The molecular weight excluding hydrogens is 1550 g/mol. The quantitative estimate of drug-likeness (QED) is 0.0474. The highest BCUT2D eigenvalue weighted by molar-refractivity contribution is 5.99. The van der Waals surface area contributed by atoms with Crippen molar-refractivity contribution in [3.8, 4) is 0 Å². The molecule has 13 nitrogen and oxygen atoms in total. The van der Waals surface area contributed by atoms with Gasteiger partial charge < -0.3 is 47.5 Å². The van der Waals surface area contributed by atoms with Crippen molar-refractivity contribution < 1.29 is 49.4 Å². The number of fused-ring (bicyclic) bond motifs is 20. The van der Waals surface area contributed by atoms with E-state index in [1.54, 1.807) is 0 Å². The van der Waals surface area contributed by atoms with E-state index in [0.29, 0.717) is 159 Å². The molecule has 16 saturated carbocycles. The van der Waals surface area contributed by atoms with Crippen LogP contribution in [0.4, 0.5) is 0 Å². The first kappa shape index (κ1) is 97.9. The number of esters is 1. The minimum atomic E-state index is -0.270. The number of hydrogen-bond acceptors (Lipinski definition) is 13. The molecule has 0 saturated heterocycles. The van der Waals surface area contributed by atoms with E-state index in [-0.39, 0.29) is 106 Å². The van der Waals surface area contributed by atoms with Crippen LogP contribution in [0, 0.1) is 203 Å². The first-order valence-electron chi connectivity index (χ1n) is 52.0. The summed E-state index contributed by atoms with van der Waals surface area (Å²) in [6.45, 7) is 41.0. The van der Waals surface area contributed by atoms with Crippen LogP contribution in [0.5, 0.6) is 0 Å². The van der Waals surface area contributed by atoms with Crippen LogP contribution in [-0.4, -0.2) is 99.0 Å². The maximum Gasteiger partial charge on any atom is 0.306 e. The number of halogens is 1. The third kappa shape index (κ3) is 17.2. The molecule has 14 heteroatoms. The van der Waals surface area contributed by atoms with Gasteiger partial charge in [0.25, 0.3) is 0 Å². The van der Waals surface area contributed by atoms with Crippen LogP contribution in [0.2, 0.25) is 0 Å². The second-order valence-electron chi connectivity index (χ2n) is 48.2. The highest BCUT2D eigenvalue weighted by atomic mass is 35.5. The summed E-state index contributed by atoms with van der Waals surface area (Å²) in [7, 11) is 0. The second-order valence-corrected chi connectivity index (χ2v) is 48.2. The van der Waals surface area contributed by atoms with Gasteiger partial charge in [0, 0.05) is 36.0 Å². The maximum absolute atomic E-state index is 14.1. The minimum Gasteiger partial charge on any atom is -0.461 e. The van der Waals surface area contributed by atoms with Gasteiger partial charge >= 0.3 is 5.97 Å². The summed E-state index contributed by atoms with van der Waals surface area (Å²) < 4.78 is 5.49. The number of rotatable bonds is 19. The Bertz CT molecular complexity index is 3660. The van der Waals surface area contributed by atoms with Crippen LogP contribution < -0.4 is 17.2 Å². The summed E-state index contributed by atoms with van der Waals surface area (Å²) in [5, 5.41) is 53.3. The molecule has 1 aromatic carbocycles. The first-order chi connectivity index (χ1) is 58.0. The molecule has 16 fully saturated rings. The average molecular weight is 1730 g/mol. The van der Waals surface area contributed by atoms with Gasteiger partial charge in [-0.3, -0.25) is 19.2 Å². The fourth-order valence-corrected chi connectivity index (χ4v) is 37.3. The standard InChI is InChI=1S/C34H48O4.C25H45NO2.2C25H43NO2.ClH/c1-5-25-29-20-24(35)16-18-34(29,4)28-17-19-33(3)26(14-15-27(33)31(28)32(25)37)22(2)10-9-13-30(36)38-21-23-11-7-6-8-12-23;3*1-5-17-21-14-16(27)8-11-25(21,4)20-9-12-24(3)18(15(2)10-13-26)6-7-19(24)22(20)23(17)28;/h5-8,11-12,22,24,26-29,31,35H,9-10,13-21H2,1-4H3;15-23,27-28H,5-14,26H2,1-4H3;2*15-22,27H,5-14,26H2,1-4H3;1H/b25-5+;;;;/t22-,24-,26-,27+,28+,29+,31+,33-,34-;15-,16-,17-,18-,19+,20+,21+,22+,23-,24-,25-;15-,16-,17+,18-,19+,20+,21+,22+,24-,25-;15-,16-,17-,18-,19+,20+,21+,22+,24-,25-;/m1111./s1. The number of allylic oxidation sites excluding steroid dienone is 2. The number of ketones is 3. The number of aliphatic hydroxyl groups is 5. The molecule has 123 heavy (non-hydrogen) atoms. The van der Waals surface area contributed by atoms with Gasteiger partial charge in [-0.05, 0) is 436 Å². The van der Waals surface area contributed by atoms with E-state index < -0.39 is 0 Å². The molecule has 40 atom stereocenters. The Morgan fingerprint density at radius 1 is 0.423 bits per heavy atom. The van der Waals surface area contributed by atoms with Gasteiger partial charge in [0.15, 0.2) is 5.78 Å². The molecule has 0 bridgehead atoms. The molecule has 17 rings (SSSR count). The largest absolute Gasteiger partial charge is 0.461 e. The monoisotopic (exact) mass is 1730 g/mol. The van der Waals surface area contributed by atoms with Crippen molar-refractivity contribution in [2.45, 2.75) is 385 Å². The summed E-state index contributed by atoms with van der Waals surface area (Å²) in [5.41, 5.74) is 21.9. The smallest absolute Gasteiger partial charge is 0.306 e. The number of hydrogen-bond donors (Lipinski definition) is 8. The lowest BCUT2D eigenvalue weighted by atomic mass is 9.41. The van der Waals surface area contributed by atoms with Crippen molar-refractivity contribution in [1.29, 1.82) is 0 Å². The van der Waals surface area contributed by atoms with Gasteiger partial charge in [0.1, 0.15) is 18.2 Å². The summed E-state index contributed by atoms with van der Waals surface area (Å²) in [5.74, 6) is 14.7. The fraction of sp³-hybridized carbons (Fsp3) is 0.890. The van der Waals surface area contributed by atoms with Crippen LogP contribution in [-0.2, 0) is 30.5 Å².